The molecule has 1 aliphatic carbocycles. The highest BCUT2D eigenvalue weighted by Gasteiger charge is 2.59. The van der Waals surface area contributed by atoms with Crippen molar-refractivity contribution in [3.05, 3.63) is 36.7 Å². The average molecular weight is 626 g/mol. The summed E-state index contributed by atoms with van der Waals surface area (Å²) >= 11 is 0. The maximum atomic E-state index is 16.1. The number of nitrogens with two attached hydrogens (primary N) is 1. The lowest BCUT2D eigenvalue weighted by Crippen LogP contribution is -2.45. The zero-order chi connectivity index (χ0) is 30.9. The van der Waals surface area contributed by atoms with Crippen molar-refractivity contribution in [1.82, 2.24) is 24.6 Å². The van der Waals surface area contributed by atoms with Crippen LogP contribution in [0.1, 0.15) is 39.8 Å². The Balaban J connectivity index is 1.38. The molecule has 2 aromatic heterocycles. The maximum Gasteiger partial charge on any atom is 0.459 e. The van der Waals surface area contributed by atoms with Crippen molar-refractivity contribution in [2.75, 3.05) is 24.3 Å². The first-order valence-electron chi connectivity index (χ1n) is 13.7. The van der Waals surface area contributed by atoms with E-state index in [1.165, 1.54) is 25.4 Å². The van der Waals surface area contributed by atoms with Gasteiger partial charge in [0.25, 0.3) is 0 Å². The summed E-state index contributed by atoms with van der Waals surface area (Å²) in [4.78, 5) is 25.0. The van der Waals surface area contributed by atoms with Gasteiger partial charge in [-0.2, -0.15) is 15.1 Å². The van der Waals surface area contributed by atoms with Crippen LogP contribution in [0.2, 0.25) is 0 Å². The molecule has 14 nitrogen and oxygen atoms in total. The van der Waals surface area contributed by atoms with E-state index in [0.29, 0.717) is 5.82 Å². The maximum absolute atomic E-state index is 16.1. The highest BCUT2D eigenvalue weighted by atomic mass is 31.2. The molecule has 6 atom stereocenters. The fraction of sp³-hybridized carbons (Fsp3) is 0.538. The zero-order valence-electron chi connectivity index (χ0n) is 23.7. The Morgan fingerprint density at radius 1 is 1.28 bits per heavy atom. The molecule has 5 rings (SSSR count). The van der Waals surface area contributed by atoms with Gasteiger partial charge in [0.15, 0.2) is 23.2 Å². The highest BCUT2D eigenvalue weighted by molar-refractivity contribution is 7.52. The molecule has 0 spiro atoms. The molecule has 0 bridgehead atoms. The van der Waals surface area contributed by atoms with E-state index in [9.17, 15) is 18.9 Å². The second-order valence-corrected chi connectivity index (χ2v) is 12.4. The van der Waals surface area contributed by atoms with Crippen molar-refractivity contribution in [2.45, 2.75) is 75.9 Å². The Labute approximate surface area is 245 Å². The van der Waals surface area contributed by atoms with Crippen molar-refractivity contribution in [3.8, 4) is 5.75 Å². The molecule has 5 N–H and O–H groups in total. The lowest BCUT2D eigenvalue weighted by Gasteiger charge is -2.26. The number of carbonyl (C=O) groups is 1. The van der Waals surface area contributed by atoms with E-state index in [4.69, 9.17) is 24.3 Å². The molecule has 3 aromatic rings. The van der Waals surface area contributed by atoms with Gasteiger partial charge in [0.05, 0.1) is 19.0 Å². The van der Waals surface area contributed by atoms with Gasteiger partial charge in [-0.3, -0.25) is 13.9 Å². The summed E-state index contributed by atoms with van der Waals surface area (Å²) in [5.74, 6) is -0.385. The number of nitrogens with zero attached hydrogens (tertiary/aromatic N) is 4. The second-order valence-electron chi connectivity index (χ2n) is 10.7. The molecule has 17 heteroatoms. The van der Waals surface area contributed by atoms with E-state index in [2.05, 4.69) is 25.4 Å². The molecule has 1 aromatic carbocycles. The number of aromatic nitrogens is 4. The van der Waals surface area contributed by atoms with E-state index in [1.54, 1.807) is 32.0 Å². The molecular weight excluding hydrogens is 591 g/mol. The molecule has 2 fully saturated rings. The monoisotopic (exact) mass is 625 g/mol. The number of benzene rings is 1. The number of anilines is 2. The van der Waals surface area contributed by atoms with E-state index in [-0.39, 0.29) is 28.9 Å². The molecule has 43 heavy (non-hydrogen) atoms. The summed E-state index contributed by atoms with van der Waals surface area (Å²) < 4.78 is 67.4. The number of para-hydroxylation sites is 1. The third-order valence-corrected chi connectivity index (χ3v) is 8.45. The van der Waals surface area contributed by atoms with Gasteiger partial charge in [0, 0.05) is 6.04 Å². The van der Waals surface area contributed by atoms with Crippen molar-refractivity contribution in [2.24, 2.45) is 0 Å². The number of alkyl halides is 2. The molecule has 0 radical (unpaired) electrons. The number of fused-ring (bicyclic) bond motifs is 1. The van der Waals surface area contributed by atoms with E-state index < -0.39 is 63.2 Å². The standard InChI is InChI=1S/C26H34F2N7O7P/c1-14(2)40-23(37)15(3)34-43(38,42-17-7-5-4-6-8-17)39-11-18-20(36)26(28,12-27)24(41-18)35-13-30-19-21(31-16-9-10-16)32-25(29)33-22(19)35/h4-8,13-16,18,20,24,36H,9-12H2,1-3H3,(H,34,38)(H3,29,31,32,33)/t15-,18-,20-,24-,26-,43-/m1/s1. The number of carbonyl (C=O) groups excluding carboxylic acids is 1. The Morgan fingerprint density at radius 2 is 2.00 bits per heavy atom. The molecule has 234 valence electrons. The second kappa shape index (κ2) is 12.3. The van der Waals surface area contributed by atoms with Crippen LogP contribution < -0.4 is 20.7 Å². The van der Waals surface area contributed by atoms with Crippen molar-refractivity contribution in [3.63, 3.8) is 0 Å². The van der Waals surface area contributed by atoms with Crippen LogP contribution >= 0.6 is 7.75 Å². The Hall–Kier alpha value is -3.43. The normalized spacial score (nSPS) is 25.9. The first kappa shape index (κ1) is 31.0. The summed E-state index contributed by atoms with van der Waals surface area (Å²) in [6.07, 6.45) is -2.73. The molecule has 3 heterocycles. The third kappa shape index (κ3) is 6.73. The highest BCUT2D eigenvalue weighted by Crippen LogP contribution is 2.48. The number of imidazole rings is 1. The fourth-order valence-electron chi connectivity index (χ4n) is 4.51. The topological polar surface area (TPSA) is 185 Å². The number of ether oxygens (including phenoxy) is 2. The predicted octanol–water partition coefficient (Wildman–Crippen LogP) is 3.05. The molecule has 1 aliphatic heterocycles. The Morgan fingerprint density at radius 3 is 2.65 bits per heavy atom. The van der Waals surface area contributed by atoms with Crippen molar-refractivity contribution >= 4 is 36.6 Å². The van der Waals surface area contributed by atoms with Gasteiger partial charge in [-0.25, -0.2) is 18.3 Å². The average Bonchev–Trinajstić information content (AvgIpc) is 3.62. The van der Waals surface area contributed by atoms with E-state index in [0.717, 1.165) is 17.4 Å². The van der Waals surface area contributed by atoms with Gasteiger partial charge < -0.3 is 30.2 Å². The summed E-state index contributed by atoms with van der Waals surface area (Å²) in [6, 6.07) is 7.01. The van der Waals surface area contributed by atoms with Crippen LogP contribution in [-0.4, -0.2) is 79.9 Å². The molecule has 0 unspecified atom stereocenters. The summed E-state index contributed by atoms with van der Waals surface area (Å²) in [6.45, 7) is 2.34. The van der Waals surface area contributed by atoms with Crippen LogP contribution in [0, 0.1) is 0 Å². The lowest BCUT2D eigenvalue weighted by molar-refractivity contribution is -0.149. The number of aliphatic hydroxyl groups is 1. The zero-order valence-corrected chi connectivity index (χ0v) is 24.6. The van der Waals surface area contributed by atoms with Gasteiger partial charge >= 0.3 is 13.7 Å². The number of hydrogen-bond acceptors (Lipinski definition) is 12. The fourth-order valence-corrected chi connectivity index (χ4v) is 6.02. The minimum atomic E-state index is -4.39. The predicted molar refractivity (Wildman–Crippen MR) is 151 cm³/mol. The van der Waals surface area contributed by atoms with Crippen molar-refractivity contribution in [1.29, 1.82) is 0 Å². The van der Waals surface area contributed by atoms with Crippen molar-refractivity contribution < 1.29 is 41.8 Å². The van der Waals surface area contributed by atoms with Crippen LogP contribution in [0.25, 0.3) is 11.2 Å². The van der Waals surface area contributed by atoms with Crippen LogP contribution in [0.15, 0.2) is 36.7 Å². The third-order valence-electron chi connectivity index (χ3n) is 6.81. The van der Waals surface area contributed by atoms with Crippen LogP contribution in [0.4, 0.5) is 20.5 Å². The lowest BCUT2D eigenvalue weighted by atomic mass is 9.97. The Kier molecular flexibility index (Phi) is 8.86. The first-order valence-corrected chi connectivity index (χ1v) is 15.3. The van der Waals surface area contributed by atoms with E-state index in [1.807, 2.05) is 0 Å². The van der Waals surface area contributed by atoms with Crippen LogP contribution in [-0.2, 0) is 23.4 Å². The number of esters is 1. The largest absolute Gasteiger partial charge is 0.462 e. The minimum absolute atomic E-state index is 0.0575. The Bertz CT molecular complexity index is 1500. The van der Waals surface area contributed by atoms with E-state index >= 15 is 4.39 Å². The van der Waals surface area contributed by atoms with Gasteiger partial charge in [0.2, 0.25) is 11.6 Å². The number of nitrogen functional groups attached to an aromatic ring is 1. The molecule has 1 saturated heterocycles. The summed E-state index contributed by atoms with van der Waals surface area (Å²) in [7, 11) is -4.39. The van der Waals surface area contributed by atoms with Gasteiger partial charge in [0.1, 0.15) is 30.7 Å². The summed E-state index contributed by atoms with van der Waals surface area (Å²) in [5, 5.41) is 16.6. The quantitative estimate of drug-likeness (QED) is 0.161. The number of halogens is 2. The number of aliphatic hydroxyl groups excluding tert-OH is 1. The van der Waals surface area contributed by atoms with Crippen LogP contribution in [0.3, 0.4) is 0 Å². The molecule has 0 amide bonds. The minimum Gasteiger partial charge on any atom is -0.462 e. The number of rotatable bonds is 13. The summed E-state index contributed by atoms with van der Waals surface area (Å²) in [5.41, 5.74) is 3.22. The smallest absolute Gasteiger partial charge is 0.459 e. The molecular formula is C26H34F2N7O7P. The van der Waals surface area contributed by atoms with Crippen LogP contribution in [0.5, 0.6) is 5.75 Å². The number of hydrogen-bond donors (Lipinski definition) is 4. The molecule has 2 aliphatic rings. The SMILES string of the molecule is CC(C)OC(=O)[C@@H](C)N[P@@](=O)(OC[C@H]1O[C@@H](n2cnc3c(NC4CC4)nc(N)nc32)[C@@](F)(CF)[C@@H]1O)Oc1ccccc1. The molecule has 1 saturated carbocycles. The van der Waals surface area contributed by atoms with Gasteiger partial charge in [-0.1, -0.05) is 18.2 Å². The van der Waals surface area contributed by atoms with Gasteiger partial charge in [-0.05, 0) is 45.7 Å². The number of nitrogens with one attached hydrogen (secondary N) is 2. The first-order chi connectivity index (χ1) is 20.4. The van der Waals surface area contributed by atoms with Gasteiger partial charge in [-0.15, -0.1) is 0 Å².